The number of carbonyl (C=O) groups excluding carboxylic acids is 1. The molecule has 0 saturated heterocycles. The highest BCUT2D eigenvalue weighted by molar-refractivity contribution is 5.83. The molecule has 4 aromatic rings. The third kappa shape index (κ3) is 5.10. The molecule has 0 unspecified atom stereocenters. The fourth-order valence-electron chi connectivity index (χ4n) is 3.44. The van der Waals surface area contributed by atoms with Crippen LogP contribution in [0.4, 0.5) is 0 Å². The van der Waals surface area contributed by atoms with Crippen molar-refractivity contribution in [3.05, 3.63) is 96.8 Å². The summed E-state index contributed by atoms with van der Waals surface area (Å²) in [5.41, 5.74) is 7.42. The number of rotatable bonds is 8. The first-order chi connectivity index (χ1) is 15.7. The first-order valence-electron chi connectivity index (χ1n) is 10.4. The van der Waals surface area contributed by atoms with Crippen LogP contribution in [0.15, 0.2) is 96.4 Å². The standard InChI is InChI=1S/C26H24N4O2/c1-32-23-14-8-9-20(17-23)18-28-29-24(31)15-16-30-19-27-25(21-10-4-2-5-11-21)26(30)22-12-6-3-7-13-22/h2-14,17-19H,15-16H2,1H3,(H,29,31)/b28-18-. The number of hydrogen-bond donors (Lipinski definition) is 1. The Kier molecular flexibility index (Phi) is 6.72. The van der Waals surface area contributed by atoms with E-state index in [-0.39, 0.29) is 12.3 Å². The van der Waals surface area contributed by atoms with Gasteiger partial charge in [0.1, 0.15) is 5.75 Å². The molecule has 0 radical (unpaired) electrons. The number of nitrogens with zero attached hydrogens (tertiary/aromatic N) is 3. The van der Waals surface area contributed by atoms with Gasteiger partial charge in [-0.1, -0.05) is 72.8 Å². The van der Waals surface area contributed by atoms with Crippen LogP contribution in [-0.4, -0.2) is 28.8 Å². The third-order valence-corrected chi connectivity index (χ3v) is 5.01. The van der Waals surface area contributed by atoms with Gasteiger partial charge in [-0.3, -0.25) is 4.79 Å². The normalized spacial score (nSPS) is 10.9. The molecule has 1 N–H and O–H groups in total. The number of hydrogen-bond acceptors (Lipinski definition) is 4. The summed E-state index contributed by atoms with van der Waals surface area (Å²) in [5.74, 6) is 0.571. The Morgan fingerprint density at radius 1 is 1.00 bits per heavy atom. The number of nitrogens with one attached hydrogen (secondary N) is 1. The van der Waals surface area contributed by atoms with Gasteiger partial charge in [0.15, 0.2) is 0 Å². The van der Waals surface area contributed by atoms with E-state index in [1.165, 1.54) is 0 Å². The van der Waals surface area contributed by atoms with Crippen LogP contribution >= 0.6 is 0 Å². The molecule has 0 saturated carbocycles. The van der Waals surface area contributed by atoms with E-state index in [0.717, 1.165) is 33.8 Å². The van der Waals surface area contributed by atoms with E-state index >= 15 is 0 Å². The molecule has 6 nitrogen and oxygen atoms in total. The van der Waals surface area contributed by atoms with Crippen molar-refractivity contribution in [2.75, 3.05) is 7.11 Å². The number of aryl methyl sites for hydroxylation is 1. The second kappa shape index (κ2) is 10.2. The lowest BCUT2D eigenvalue weighted by Crippen LogP contribution is -2.19. The van der Waals surface area contributed by atoms with Crippen molar-refractivity contribution in [2.45, 2.75) is 13.0 Å². The molecule has 0 spiro atoms. The molecule has 0 aliphatic carbocycles. The lowest BCUT2D eigenvalue weighted by Gasteiger charge is -2.10. The van der Waals surface area contributed by atoms with Gasteiger partial charge < -0.3 is 9.30 Å². The van der Waals surface area contributed by atoms with Crippen molar-refractivity contribution < 1.29 is 9.53 Å². The van der Waals surface area contributed by atoms with Crippen molar-refractivity contribution in [2.24, 2.45) is 5.10 Å². The largest absolute Gasteiger partial charge is 0.497 e. The predicted octanol–water partition coefficient (Wildman–Crippen LogP) is 4.77. The van der Waals surface area contributed by atoms with E-state index in [1.807, 2.05) is 77.4 Å². The number of methoxy groups -OCH3 is 1. The van der Waals surface area contributed by atoms with Crippen molar-refractivity contribution >= 4 is 12.1 Å². The quantitative estimate of drug-likeness (QED) is 0.327. The Morgan fingerprint density at radius 2 is 1.72 bits per heavy atom. The lowest BCUT2D eigenvalue weighted by atomic mass is 10.0. The van der Waals surface area contributed by atoms with Crippen LogP contribution in [0, 0.1) is 0 Å². The third-order valence-electron chi connectivity index (χ3n) is 5.01. The fraction of sp³-hybridized carbons (Fsp3) is 0.115. The molecule has 0 bridgehead atoms. The molecule has 0 aliphatic heterocycles. The van der Waals surface area contributed by atoms with Crippen molar-refractivity contribution in [1.82, 2.24) is 15.0 Å². The van der Waals surface area contributed by atoms with Crippen LogP contribution in [0.2, 0.25) is 0 Å². The van der Waals surface area contributed by atoms with Crippen LogP contribution in [0.25, 0.3) is 22.5 Å². The summed E-state index contributed by atoms with van der Waals surface area (Å²) >= 11 is 0. The highest BCUT2D eigenvalue weighted by Crippen LogP contribution is 2.31. The Labute approximate surface area is 187 Å². The molecule has 0 aliphatic rings. The highest BCUT2D eigenvalue weighted by Gasteiger charge is 2.15. The topological polar surface area (TPSA) is 68.5 Å². The smallest absolute Gasteiger partial charge is 0.241 e. The summed E-state index contributed by atoms with van der Waals surface area (Å²) in [4.78, 5) is 17.0. The van der Waals surface area contributed by atoms with Gasteiger partial charge in [0, 0.05) is 24.1 Å². The molecule has 0 fully saturated rings. The van der Waals surface area contributed by atoms with Crippen molar-refractivity contribution in [3.8, 4) is 28.3 Å². The van der Waals surface area contributed by atoms with E-state index in [4.69, 9.17) is 4.74 Å². The zero-order chi connectivity index (χ0) is 22.2. The lowest BCUT2D eigenvalue weighted by molar-refractivity contribution is -0.121. The molecule has 6 heteroatoms. The summed E-state index contributed by atoms with van der Waals surface area (Å²) < 4.78 is 7.21. The minimum Gasteiger partial charge on any atom is -0.497 e. The molecule has 3 aromatic carbocycles. The van der Waals surface area contributed by atoms with E-state index in [9.17, 15) is 4.79 Å². The highest BCUT2D eigenvalue weighted by atomic mass is 16.5. The summed E-state index contributed by atoms with van der Waals surface area (Å²) in [6, 6.07) is 27.6. The Hall–Kier alpha value is -4.19. The zero-order valence-electron chi connectivity index (χ0n) is 17.8. The van der Waals surface area contributed by atoms with Gasteiger partial charge in [0.05, 0.1) is 31.0 Å². The molecule has 32 heavy (non-hydrogen) atoms. The van der Waals surface area contributed by atoms with Crippen molar-refractivity contribution in [1.29, 1.82) is 0 Å². The SMILES string of the molecule is COc1cccc(/C=N\NC(=O)CCn2cnc(-c3ccccc3)c2-c2ccccc2)c1. The Morgan fingerprint density at radius 3 is 2.44 bits per heavy atom. The summed E-state index contributed by atoms with van der Waals surface area (Å²) in [5, 5.41) is 4.06. The van der Waals surface area contributed by atoms with Gasteiger partial charge in [-0.15, -0.1) is 0 Å². The Bertz CT molecular complexity index is 1200. The van der Waals surface area contributed by atoms with Gasteiger partial charge in [0.2, 0.25) is 5.91 Å². The maximum absolute atomic E-state index is 12.4. The monoisotopic (exact) mass is 424 g/mol. The second-order valence-electron chi connectivity index (χ2n) is 7.19. The zero-order valence-corrected chi connectivity index (χ0v) is 17.8. The number of hydrazone groups is 1. The summed E-state index contributed by atoms with van der Waals surface area (Å²) in [6.45, 7) is 0.491. The second-order valence-corrected chi connectivity index (χ2v) is 7.19. The van der Waals surface area contributed by atoms with Crippen LogP contribution in [0.5, 0.6) is 5.75 Å². The Balaban J connectivity index is 1.46. The maximum Gasteiger partial charge on any atom is 0.241 e. The predicted molar refractivity (Wildman–Crippen MR) is 126 cm³/mol. The molecule has 4 rings (SSSR count). The average Bonchev–Trinajstić information content (AvgIpc) is 3.28. The fourth-order valence-corrected chi connectivity index (χ4v) is 3.44. The van der Waals surface area contributed by atoms with Crippen LogP contribution in [-0.2, 0) is 11.3 Å². The minimum atomic E-state index is -0.168. The minimum absolute atomic E-state index is 0.168. The van der Waals surface area contributed by atoms with Crippen LogP contribution in [0.1, 0.15) is 12.0 Å². The number of ether oxygens (including phenoxy) is 1. The van der Waals surface area contributed by atoms with Crippen molar-refractivity contribution in [3.63, 3.8) is 0 Å². The first-order valence-corrected chi connectivity index (χ1v) is 10.4. The van der Waals surface area contributed by atoms with E-state index in [1.54, 1.807) is 19.7 Å². The molecular weight excluding hydrogens is 400 g/mol. The number of aromatic nitrogens is 2. The summed E-state index contributed by atoms with van der Waals surface area (Å²) in [6.07, 6.45) is 3.66. The molecule has 1 amide bonds. The van der Waals surface area contributed by atoms with E-state index < -0.39 is 0 Å². The number of imidazole rings is 1. The molecule has 1 heterocycles. The number of carbonyl (C=O) groups is 1. The van der Waals surface area contributed by atoms with Gasteiger partial charge in [-0.05, 0) is 17.7 Å². The van der Waals surface area contributed by atoms with E-state index in [2.05, 4.69) is 27.6 Å². The molecule has 160 valence electrons. The maximum atomic E-state index is 12.4. The van der Waals surface area contributed by atoms with Crippen LogP contribution < -0.4 is 10.2 Å². The molecular formula is C26H24N4O2. The van der Waals surface area contributed by atoms with E-state index in [0.29, 0.717) is 6.54 Å². The number of benzene rings is 3. The van der Waals surface area contributed by atoms with Gasteiger partial charge in [0.25, 0.3) is 0 Å². The molecule has 1 aromatic heterocycles. The average molecular weight is 425 g/mol. The molecule has 0 atom stereocenters. The first kappa shape index (κ1) is 21.1. The summed E-state index contributed by atoms with van der Waals surface area (Å²) in [7, 11) is 1.61. The van der Waals surface area contributed by atoms with Gasteiger partial charge in [-0.25, -0.2) is 10.4 Å². The van der Waals surface area contributed by atoms with Gasteiger partial charge >= 0.3 is 0 Å². The van der Waals surface area contributed by atoms with Gasteiger partial charge in [-0.2, -0.15) is 5.10 Å². The van der Waals surface area contributed by atoms with Crippen LogP contribution in [0.3, 0.4) is 0 Å². The number of amides is 1.